The molecule has 0 aliphatic carbocycles. The lowest BCUT2D eigenvalue weighted by Gasteiger charge is -2.18. The number of carbonyl (C=O) groups excluding carboxylic acids is 1. The molecule has 0 aliphatic heterocycles. The molecule has 1 heterocycles. The average molecular weight is 337 g/mol. The normalized spacial score (nSPS) is 11.9. The molecule has 0 bridgehead atoms. The number of rotatable bonds is 6. The first kappa shape index (κ1) is 16.3. The van der Waals surface area contributed by atoms with E-state index in [2.05, 4.69) is 22.5 Å². The molecule has 3 rings (SSSR count). The lowest BCUT2D eigenvalue weighted by molar-refractivity contribution is -0.123. The van der Waals surface area contributed by atoms with E-state index in [-0.39, 0.29) is 5.91 Å². The third-order valence-electron chi connectivity index (χ3n) is 3.78. The zero-order valence-electron chi connectivity index (χ0n) is 13.4. The molecule has 0 fully saturated rings. The fourth-order valence-electron chi connectivity index (χ4n) is 2.52. The number of aromatic nitrogens is 2. The largest absolute Gasteiger partial charge is 0.350 e. The number of hydrogen-bond acceptors (Lipinski definition) is 3. The first-order valence-electron chi connectivity index (χ1n) is 7.72. The second-order valence-corrected chi connectivity index (χ2v) is 6.24. The number of benzene rings is 2. The summed E-state index contributed by atoms with van der Waals surface area (Å²) in [5, 5.41) is 7.26. The molecule has 24 heavy (non-hydrogen) atoms. The fraction of sp³-hybridized carbons (Fsp3) is 0.158. The number of hydrogen-bond donors (Lipinski definition) is 1. The van der Waals surface area contributed by atoms with E-state index in [1.165, 1.54) is 4.90 Å². The lowest BCUT2D eigenvalue weighted by Crippen LogP contribution is -2.33. The second kappa shape index (κ2) is 7.84. The van der Waals surface area contributed by atoms with Crippen molar-refractivity contribution in [3.63, 3.8) is 0 Å². The van der Waals surface area contributed by atoms with Gasteiger partial charge in [-0.2, -0.15) is 5.10 Å². The lowest BCUT2D eigenvalue weighted by atomic mass is 10.1. The Labute approximate surface area is 145 Å². The van der Waals surface area contributed by atoms with Crippen LogP contribution in [0.5, 0.6) is 0 Å². The van der Waals surface area contributed by atoms with Crippen molar-refractivity contribution in [3.05, 3.63) is 84.2 Å². The SMILES string of the molecule is CSc1ccc(CNC(=O)C(c2ccccc2)n2cccn2)cc1. The van der Waals surface area contributed by atoms with Crippen molar-refractivity contribution in [2.75, 3.05) is 6.26 Å². The minimum absolute atomic E-state index is 0.0705. The van der Waals surface area contributed by atoms with Crippen LogP contribution in [0.3, 0.4) is 0 Å². The highest BCUT2D eigenvalue weighted by molar-refractivity contribution is 7.98. The Kier molecular flexibility index (Phi) is 5.33. The molecule has 1 aromatic heterocycles. The van der Waals surface area contributed by atoms with E-state index in [0.717, 1.165) is 11.1 Å². The van der Waals surface area contributed by atoms with E-state index in [1.807, 2.05) is 61.0 Å². The Hall–Kier alpha value is -2.53. The summed E-state index contributed by atoms with van der Waals surface area (Å²) >= 11 is 1.70. The van der Waals surface area contributed by atoms with Crippen LogP contribution in [0.25, 0.3) is 0 Å². The van der Waals surface area contributed by atoms with E-state index < -0.39 is 6.04 Å². The molecule has 0 saturated heterocycles. The van der Waals surface area contributed by atoms with Gasteiger partial charge in [0.1, 0.15) is 0 Å². The van der Waals surface area contributed by atoms with Crippen LogP contribution in [0.4, 0.5) is 0 Å². The first-order chi connectivity index (χ1) is 11.8. The van der Waals surface area contributed by atoms with Gasteiger partial charge in [0.15, 0.2) is 6.04 Å². The summed E-state index contributed by atoms with van der Waals surface area (Å²) < 4.78 is 1.68. The number of carbonyl (C=O) groups is 1. The van der Waals surface area contributed by atoms with Gasteiger partial charge in [0.05, 0.1) is 0 Å². The highest BCUT2D eigenvalue weighted by Crippen LogP contribution is 2.18. The van der Waals surface area contributed by atoms with Gasteiger partial charge in [-0.05, 0) is 35.6 Å². The van der Waals surface area contributed by atoms with Gasteiger partial charge in [0, 0.05) is 23.8 Å². The molecule has 1 atom stereocenters. The highest BCUT2D eigenvalue weighted by Gasteiger charge is 2.22. The van der Waals surface area contributed by atoms with E-state index in [0.29, 0.717) is 6.54 Å². The van der Waals surface area contributed by atoms with Crippen LogP contribution in [0.15, 0.2) is 78.0 Å². The molecule has 0 spiro atoms. The summed E-state index contributed by atoms with van der Waals surface area (Å²) in [7, 11) is 0. The topological polar surface area (TPSA) is 46.9 Å². The zero-order chi connectivity index (χ0) is 16.8. The molecule has 1 amide bonds. The fourth-order valence-corrected chi connectivity index (χ4v) is 2.93. The van der Waals surface area contributed by atoms with Gasteiger partial charge in [-0.3, -0.25) is 9.48 Å². The summed E-state index contributed by atoms with van der Waals surface area (Å²) in [6.07, 6.45) is 5.54. The third kappa shape index (κ3) is 3.86. The van der Waals surface area contributed by atoms with Gasteiger partial charge in [0.25, 0.3) is 0 Å². The van der Waals surface area contributed by atoms with Crippen molar-refractivity contribution in [2.45, 2.75) is 17.5 Å². The maximum Gasteiger partial charge on any atom is 0.249 e. The minimum atomic E-state index is -0.466. The van der Waals surface area contributed by atoms with Crippen molar-refractivity contribution >= 4 is 17.7 Å². The molecule has 0 aliphatic rings. The summed E-state index contributed by atoms with van der Waals surface area (Å²) in [4.78, 5) is 14.0. The van der Waals surface area contributed by atoms with Crippen LogP contribution < -0.4 is 5.32 Å². The Morgan fingerprint density at radius 3 is 2.50 bits per heavy atom. The third-order valence-corrected chi connectivity index (χ3v) is 4.52. The molecular formula is C19H19N3OS. The van der Waals surface area contributed by atoms with E-state index in [4.69, 9.17) is 0 Å². The molecule has 1 unspecified atom stereocenters. The standard InChI is InChI=1S/C19H19N3OS/c1-24-17-10-8-15(9-11-17)14-20-19(23)18(22-13-5-12-21-22)16-6-3-2-4-7-16/h2-13,18H,14H2,1H3,(H,20,23). The molecule has 3 aromatic rings. The second-order valence-electron chi connectivity index (χ2n) is 5.37. The van der Waals surface area contributed by atoms with Crippen LogP contribution in [0.1, 0.15) is 17.2 Å². The zero-order valence-corrected chi connectivity index (χ0v) is 14.2. The van der Waals surface area contributed by atoms with E-state index in [1.54, 1.807) is 22.6 Å². The summed E-state index contributed by atoms with van der Waals surface area (Å²) in [6, 6.07) is 19.3. The molecule has 2 aromatic carbocycles. The van der Waals surface area contributed by atoms with Gasteiger partial charge < -0.3 is 5.32 Å². The predicted molar refractivity (Wildman–Crippen MR) is 96.9 cm³/mol. The van der Waals surface area contributed by atoms with Crippen molar-refractivity contribution < 1.29 is 4.79 Å². The number of nitrogens with zero attached hydrogens (tertiary/aromatic N) is 2. The van der Waals surface area contributed by atoms with Gasteiger partial charge in [-0.1, -0.05) is 42.5 Å². The van der Waals surface area contributed by atoms with E-state index in [9.17, 15) is 4.79 Å². The molecular weight excluding hydrogens is 318 g/mol. The Morgan fingerprint density at radius 2 is 1.88 bits per heavy atom. The average Bonchev–Trinajstić information content (AvgIpc) is 3.15. The van der Waals surface area contributed by atoms with Gasteiger partial charge >= 0.3 is 0 Å². The van der Waals surface area contributed by atoms with Crippen molar-refractivity contribution in [1.82, 2.24) is 15.1 Å². The van der Waals surface area contributed by atoms with Crippen LogP contribution in [0, 0.1) is 0 Å². The number of nitrogens with one attached hydrogen (secondary N) is 1. The highest BCUT2D eigenvalue weighted by atomic mass is 32.2. The van der Waals surface area contributed by atoms with Crippen LogP contribution in [-0.4, -0.2) is 21.9 Å². The summed E-state index contributed by atoms with van der Waals surface area (Å²) in [5.41, 5.74) is 1.99. The molecule has 0 radical (unpaired) electrons. The van der Waals surface area contributed by atoms with Crippen molar-refractivity contribution in [1.29, 1.82) is 0 Å². The quantitative estimate of drug-likeness (QED) is 0.700. The first-order valence-corrected chi connectivity index (χ1v) is 8.95. The summed E-state index contributed by atoms with van der Waals surface area (Å²) in [6.45, 7) is 0.498. The predicted octanol–water partition coefficient (Wildman–Crippen LogP) is 3.51. The Bertz CT molecular complexity index is 770. The summed E-state index contributed by atoms with van der Waals surface area (Å²) in [5.74, 6) is -0.0705. The number of amides is 1. The maximum absolute atomic E-state index is 12.8. The molecule has 5 heteroatoms. The molecule has 1 N–H and O–H groups in total. The van der Waals surface area contributed by atoms with Crippen molar-refractivity contribution in [3.8, 4) is 0 Å². The van der Waals surface area contributed by atoms with Gasteiger partial charge in [0.2, 0.25) is 5.91 Å². The number of thioether (sulfide) groups is 1. The Balaban J connectivity index is 1.74. The van der Waals surface area contributed by atoms with Crippen LogP contribution >= 0.6 is 11.8 Å². The smallest absolute Gasteiger partial charge is 0.249 e. The van der Waals surface area contributed by atoms with Crippen LogP contribution in [-0.2, 0) is 11.3 Å². The monoisotopic (exact) mass is 337 g/mol. The Morgan fingerprint density at radius 1 is 1.12 bits per heavy atom. The molecule has 122 valence electrons. The van der Waals surface area contributed by atoms with Gasteiger partial charge in [-0.25, -0.2) is 0 Å². The van der Waals surface area contributed by atoms with E-state index >= 15 is 0 Å². The molecule has 0 saturated carbocycles. The van der Waals surface area contributed by atoms with Crippen molar-refractivity contribution in [2.24, 2.45) is 0 Å². The maximum atomic E-state index is 12.8. The molecule has 4 nitrogen and oxygen atoms in total. The van der Waals surface area contributed by atoms with Gasteiger partial charge in [-0.15, -0.1) is 11.8 Å². The minimum Gasteiger partial charge on any atom is -0.350 e. The van der Waals surface area contributed by atoms with Crippen LogP contribution in [0.2, 0.25) is 0 Å².